The van der Waals surface area contributed by atoms with Crippen LogP contribution in [0.25, 0.3) is 0 Å². The van der Waals surface area contributed by atoms with Crippen LogP contribution in [0, 0.1) is 6.92 Å². The maximum absolute atomic E-state index is 5.96. The average Bonchev–Trinajstić information content (AvgIpc) is 2.60. The van der Waals surface area contributed by atoms with Crippen molar-refractivity contribution < 1.29 is 4.74 Å². The zero-order chi connectivity index (χ0) is 17.0. The van der Waals surface area contributed by atoms with Crippen LogP contribution in [0.4, 0.5) is 0 Å². The highest BCUT2D eigenvalue weighted by Gasteiger charge is 2.12. The number of pyridine rings is 1. The first-order chi connectivity index (χ1) is 11.8. The Morgan fingerprint density at radius 2 is 2.04 bits per heavy atom. The molecule has 1 heterocycles. The molecular formula is C19H33IN4O. The Bertz CT molecular complexity index is 504. The fourth-order valence-electron chi connectivity index (χ4n) is 2.95. The minimum absolute atomic E-state index is 0. The molecule has 2 N–H and O–H groups in total. The second-order valence-corrected chi connectivity index (χ2v) is 6.38. The maximum Gasteiger partial charge on any atom is 0.191 e. The van der Waals surface area contributed by atoms with E-state index in [4.69, 9.17) is 4.74 Å². The number of ether oxygens (including phenoxy) is 1. The first-order valence-electron chi connectivity index (χ1n) is 9.34. The SMILES string of the molecule is CCNC(=NCc1cccc(C)n1)NCCCOC1CCCCC1.I. The van der Waals surface area contributed by atoms with Gasteiger partial charge >= 0.3 is 0 Å². The van der Waals surface area contributed by atoms with E-state index in [1.165, 1.54) is 32.1 Å². The predicted molar refractivity (Wildman–Crippen MR) is 115 cm³/mol. The summed E-state index contributed by atoms with van der Waals surface area (Å²) in [6.07, 6.45) is 8.00. The van der Waals surface area contributed by atoms with Gasteiger partial charge in [0.1, 0.15) is 0 Å². The van der Waals surface area contributed by atoms with E-state index in [1.807, 2.05) is 25.1 Å². The zero-order valence-electron chi connectivity index (χ0n) is 15.6. The molecule has 0 bridgehead atoms. The molecule has 1 aromatic heterocycles. The summed E-state index contributed by atoms with van der Waals surface area (Å²) < 4.78 is 5.96. The summed E-state index contributed by atoms with van der Waals surface area (Å²) in [6, 6.07) is 6.04. The highest BCUT2D eigenvalue weighted by molar-refractivity contribution is 14.0. The van der Waals surface area contributed by atoms with Gasteiger partial charge in [0.15, 0.2) is 5.96 Å². The van der Waals surface area contributed by atoms with Crippen LogP contribution in [0.2, 0.25) is 0 Å². The van der Waals surface area contributed by atoms with Crippen LogP contribution in [-0.2, 0) is 11.3 Å². The topological polar surface area (TPSA) is 58.5 Å². The van der Waals surface area contributed by atoms with Crippen molar-refractivity contribution in [3.63, 3.8) is 0 Å². The number of aliphatic imine (C=N–C) groups is 1. The minimum Gasteiger partial charge on any atom is -0.378 e. The molecule has 1 aliphatic carbocycles. The van der Waals surface area contributed by atoms with Gasteiger partial charge in [-0.2, -0.15) is 0 Å². The highest BCUT2D eigenvalue weighted by atomic mass is 127. The minimum atomic E-state index is 0. The Morgan fingerprint density at radius 1 is 1.24 bits per heavy atom. The second-order valence-electron chi connectivity index (χ2n) is 6.38. The van der Waals surface area contributed by atoms with Gasteiger partial charge in [-0.15, -0.1) is 24.0 Å². The van der Waals surface area contributed by atoms with Gasteiger partial charge in [0, 0.05) is 25.4 Å². The van der Waals surface area contributed by atoms with E-state index < -0.39 is 0 Å². The normalized spacial score (nSPS) is 15.5. The largest absolute Gasteiger partial charge is 0.378 e. The number of nitrogens with one attached hydrogen (secondary N) is 2. The van der Waals surface area contributed by atoms with Gasteiger partial charge < -0.3 is 15.4 Å². The lowest BCUT2D eigenvalue weighted by molar-refractivity contribution is 0.0277. The number of nitrogens with zero attached hydrogens (tertiary/aromatic N) is 2. The van der Waals surface area contributed by atoms with E-state index in [-0.39, 0.29) is 24.0 Å². The fraction of sp³-hybridized carbons (Fsp3) is 0.684. The van der Waals surface area contributed by atoms with Crippen molar-refractivity contribution in [2.45, 2.75) is 65.0 Å². The summed E-state index contributed by atoms with van der Waals surface area (Å²) in [5, 5.41) is 6.65. The van der Waals surface area contributed by atoms with E-state index in [1.54, 1.807) is 0 Å². The van der Waals surface area contributed by atoms with Gasteiger partial charge in [0.2, 0.25) is 0 Å². The van der Waals surface area contributed by atoms with Crippen LogP contribution in [0.15, 0.2) is 23.2 Å². The summed E-state index contributed by atoms with van der Waals surface area (Å²) in [5.74, 6) is 0.846. The fourth-order valence-corrected chi connectivity index (χ4v) is 2.95. The molecule has 0 saturated heterocycles. The van der Waals surface area contributed by atoms with Crippen molar-refractivity contribution in [3.05, 3.63) is 29.6 Å². The van der Waals surface area contributed by atoms with E-state index >= 15 is 0 Å². The first kappa shape index (κ1) is 22.2. The summed E-state index contributed by atoms with van der Waals surface area (Å²) in [4.78, 5) is 9.09. The van der Waals surface area contributed by atoms with Crippen molar-refractivity contribution in [2.75, 3.05) is 19.7 Å². The Hall–Kier alpha value is -0.890. The quantitative estimate of drug-likeness (QED) is 0.268. The maximum atomic E-state index is 5.96. The molecule has 0 unspecified atom stereocenters. The standard InChI is InChI=1S/C19H32N4O.HI/c1-3-20-19(22-15-17-10-7-9-16(2)23-17)21-13-8-14-24-18-11-5-4-6-12-18;/h7,9-10,18H,3-6,8,11-15H2,1-2H3,(H2,20,21,22);1H. The molecule has 2 rings (SSSR count). The van der Waals surface area contributed by atoms with Crippen molar-refractivity contribution in [1.82, 2.24) is 15.6 Å². The molecule has 0 aliphatic heterocycles. The van der Waals surface area contributed by atoms with Crippen LogP contribution < -0.4 is 10.6 Å². The van der Waals surface area contributed by atoms with Crippen LogP contribution >= 0.6 is 24.0 Å². The highest BCUT2D eigenvalue weighted by Crippen LogP contribution is 2.20. The molecule has 5 nitrogen and oxygen atoms in total. The van der Waals surface area contributed by atoms with Crippen LogP contribution in [0.1, 0.15) is 56.8 Å². The summed E-state index contributed by atoms with van der Waals surface area (Å²) >= 11 is 0. The van der Waals surface area contributed by atoms with Crippen molar-refractivity contribution >= 4 is 29.9 Å². The van der Waals surface area contributed by atoms with Crippen LogP contribution in [-0.4, -0.2) is 36.7 Å². The average molecular weight is 460 g/mol. The number of aromatic nitrogens is 1. The number of halogens is 1. The number of rotatable bonds is 8. The third-order valence-electron chi connectivity index (χ3n) is 4.21. The van der Waals surface area contributed by atoms with Crippen LogP contribution in [0.5, 0.6) is 0 Å². The smallest absolute Gasteiger partial charge is 0.191 e. The summed E-state index contributed by atoms with van der Waals surface area (Å²) in [5.41, 5.74) is 2.02. The molecule has 1 aromatic rings. The first-order valence-corrected chi connectivity index (χ1v) is 9.34. The molecule has 0 amide bonds. The van der Waals surface area contributed by atoms with Gasteiger partial charge in [0.25, 0.3) is 0 Å². The lowest BCUT2D eigenvalue weighted by atomic mass is 9.98. The number of hydrogen-bond donors (Lipinski definition) is 2. The third kappa shape index (κ3) is 9.39. The second kappa shape index (κ2) is 13.3. The zero-order valence-corrected chi connectivity index (χ0v) is 17.9. The third-order valence-corrected chi connectivity index (χ3v) is 4.21. The molecule has 6 heteroatoms. The van der Waals surface area contributed by atoms with Gasteiger partial charge in [0.05, 0.1) is 18.3 Å². The van der Waals surface area contributed by atoms with Gasteiger partial charge in [-0.1, -0.05) is 25.3 Å². The number of hydrogen-bond acceptors (Lipinski definition) is 3. The molecule has 142 valence electrons. The molecule has 0 atom stereocenters. The van der Waals surface area contributed by atoms with E-state index in [0.717, 1.165) is 43.5 Å². The Kier molecular flexibility index (Phi) is 11.8. The van der Waals surface area contributed by atoms with Gasteiger partial charge in [-0.25, -0.2) is 4.99 Å². The van der Waals surface area contributed by atoms with Gasteiger partial charge in [-0.05, 0) is 45.2 Å². The Balaban J connectivity index is 0.00000312. The molecule has 0 spiro atoms. The lowest BCUT2D eigenvalue weighted by Crippen LogP contribution is -2.38. The molecule has 25 heavy (non-hydrogen) atoms. The van der Waals surface area contributed by atoms with E-state index in [9.17, 15) is 0 Å². The molecule has 1 aliphatic rings. The van der Waals surface area contributed by atoms with Crippen molar-refractivity contribution in [2.24, 2.45) is 4.99 Å². The molecular weight excluding hydrogens is 427 g/mol. The predicted octanol–water partition coefficient (Wildman–Crippen LogP) is 3.80. The monoisotopic (exact) mass is 460 g/mol. The molecule has 0 aromatic carbocycles. The number of guanidine groups is 1. The Morgan fingerprint density at radius 3 is 2.76 bits per heavy atom. The molecule has 1 saturated carbocycles. The summed E-state index contributed by atoms with van der Waals surface area (Å²) in [6.45, 7) is 7.23. The molecule has 0 radical (unpaired) electrons. The van der Waals surface area contributed by atoms with Crippen LogP contribution in [0.3, 0.4) is 0 Å². The van der Waals surface area contributed by atoms with E-state index in [2.05, 4.69) is 27.5 Å². The number of aryl methyl sites for hydroxylation is 1. The van der Waals surface area contributed by atoms with E-state index in [0.29, 0.717) is 12.6 Å². The van der Waals surface area contributed by atoms with Crippen molar-refractivity contribution in [3.8, 4) is 0 Å². The Labute approximate surface area is 169 Å². The molecule has 1 fully saturated rings. The summed E-state index contributed by atoms with van der Waals surface area (Å²) in [7, 11) is 0. The van der Waals surface area contributed by atoms with Crippen molar-refractivity contribution in [1.29, 1.82) is 0 Å². The van der Waals surface area contributed by atoms with Gasteiger partial charge in [-0.3, -0.25) is 4.98 Å². The lowest BCUT2D eigenvalue weighted by Gasteiger charge is -2.22.